The van der Waals surface area contributed by atoms with Crippen LogP contribution in [0.3, 0.4) is 0 Å². The summed E-state index contributed by atoms with van der Waals surface area (Å²) >= 11 is 0. The van der Waals surface area contributed by atoms with Gasteiger partial charge in [-0.05, 0) is 24.0 Å². The first-order valence-corrected chi connectivity index (χ1v) is 7.52. The minimum Gasteiger partial charge on any atom is -0.464 e. The second-order valence-electron chi connectivity index (χ2n) is 5.12. The summed E-state index contributed by atoms with van der Waals surface area (Å²) in [5, 5.41) is 8.44. The number of hydrogen-bond donors (Lipinski definition) is 3. The Morgan fingerprint density at radius 1 is 1.00 bits per heavy atom. The van der Waals surface area contributed by atoms with Gasteiger partial charge in [0.05, 0.1) is 0 Å². The van der Waals surface area contributed by atoms with Crippen molar-refractivity contribution in [3.8, 4) is 0 Å². The van der Waals surface area contributed by atoms with E-state index >= 15 is 0 Å². The minimum absolute atomic E-state index is 0.504. The summed E-state index contributed by atoms with van der Waals surface area (Å²) in [5.41, 5.74) is 7.21. The standard InChI is InChI=1S/C16H26N2O2/c1-2-3-4-5-6-7-8-14-9-11-15(12-10-14)13-17-18-16(19)20/h9-12,17-18H,2-8,13H2,1H3,(H,19,20). The summed E-state index contributed by atoms with van der Waals surface area (Å²) in [6.45, 7) is 2.74. The zero-order chi connectivity index (χ0) is 14.6. The van der Waals surface area contributed by atoms with Crippen molar-refractivity contribution >= 4 is 6.09 Å². The number of nitrogens with one attached hydrogen (secondary N) is 2. The summed E-state index contributed by atoms with van der Waals surface area (Å²) < 4.78 is 0. The van der Waals surface area contributed by atoms with Crippen molar-refractivity contribution in [3.05, 3.63) is 35.4 Å². The van der Waals surface area contributed by atoms with Gasteiger partial charge < -0.3 is 5.11 Å². The van der Waals surface area contributed by atoms with E-state index < -0.39 is 6.09 Å². The SMILES string of the molecule is CCCCCCCCc1ccc(CNNC(=O)O)cc1. The summed E-state index contributed by atoms with van der Waals surface area (Å²) in [4.78, 5) is 10.3. The third-order valence-electron chi connectivity index (χ3n) is 3.33. The highest BCUT2D eigenvalue weighted by Crippen LogP contribution is 2.11. The Labute approximate surface area is 121 Å². The molecule has 0 aromatic heterocycles. The van der Waals surface area contributed by atoms with E-state index in [1.807, 2.05) is 12.1 Å². The molecule has 0 heterocycles. The largest absolute Gasteiger partial charge is 0.464 e. The molecule has 0 spiro atoms. The summed E-state index contributed by atoms with van der Waals surface area (Å²) in [7, 11) is 0. The molecule has 0 saturated carbocycles. The summed E-state index contributed by atoms with van der Waals surface area (Å²) in [6.07, 6.45) is 7.98. The fourth-order valence-corrected chi connectivity index (χ4v) is 2.16. The van der Waals surface area contributed by atoms with Gasteiger partial charge in [-0.15, -0.1) is 0 Å². The van der Waals surface area contributed by atoms with Crippen molar-refractivity contribution in [3.63, 3.8) is 0 Å². The van der Waals surface area contributed by atoms with Gasteiger partial charge in [0.15, 0.2) is 0 Å². The first kappa shape index (κ1) is 16.5. The highest BCUT2D eigenvalue weighted by atomic mass is 16.4. The van der Waals surface area contributed by atoms with Gasteiger partial charge in [-0.3, -0.25) is 5.43 Å². The van der Waals surface area contributed by atoms with Crippen LogP contribution >= 0.6 is 0 Å². The molecule has 0 aliphatic carbocycles. The third kappa shape index (κ3) is 7.79. The maximum absolute atomic E-state index is 10.3. The number of benzene rings is 1. The van der Waals surface area contributed by atoms with E-state index in [2.05, 4.69) is 29.9 Å². The van der Waals surface area contributed by atoms with Crippen LogP contribution in [0.2, 0.25) is 0 Å². The van der Waals surface area contributed by atoms with Crippen molar-refractivity contribution in [2.75, 3.05) is 0 Å². The van der Waals surface area contributed by atoms with Crippen LogP contribution in [0.15, 0.2) is 24.3 Å². The molecular weight excluding hydrogens is 252 g/mol. The van der Waals surface area contributed by atoms with Crippen molar-refractivity contribution in [2.24, 2.45) is 0 Å². The van der Waals surface area contributed by atoms with Crippen LogP contribution in [-0.2, 0) is 13.0 Å². The molecule has 0 atom stereocenters. The highest BCUT2D eigenvalue weighted by molar-refractivity contribution is 5.63. The first-order chi connectivity index (χ1) is 9.72. The fraction of sp³-hybridized carbons (Fsp3) is 0.562. The van der Waals surface area contributed by atoms with E-state index in [-0.39, 0.29) is 0 Å². The Kier molecular flexibility index (Phi) is 8.47. The van der Waals surface area contributed by atoms with Crippen LogP contribution in [0.1, 0.15) is 56.6 Å². The van der Waals surface area contributed by atoms with Gasteiger partial charge in [0.25, 0.3) is 0 Å². The zero-order valence-corrected chi connectivity index (χ0v) is 12.3. The predicted molar refractivity (Wildman–Crippen MR) is 81.5 cm³/mol. The second-order valence-corrected chi connectivity index (χ2v) is 5.12. The highest BCUT2D eigenvalue weighted by Gasteiger charge is 1.97. The molecule has 1 amide bonds. The molecule has 0 aliphatic rings. The van der Waals surface area contributed by atoms with Crippen LogP contribution in [0, 0.1) is 0 Å². The first-order valence-electron chi connectivity index (χ1n) is 7.52. The number of carbonyl (C=O) groups is 1. The molecule has 1 aromatic rings. The van der Waals surface area contributed by atoms with Crippen LogP contribution in [0.25, 0.3) is 0 Å². The molecule has 0 aliphatic heterocycles. The number of rotatable bonds is 10. The molecule has 3 N–H and O–H groups in total. The van der Waals surface area contributed by atoms with Crippen molar-refractivity contribution in [1.29, 1.82) is 0 Å². The number of hydrogen-bond acceptors (Lipinski definition) is 2. The van der Waals surface area contributed by atoms with E-state index in [1.54, 1.807) is 0 Å². The lowest BCUT2D eigenvalue weighted by atomic mass is 10.0. The topological polar surface area (TPSA) is 61.4 Å². The lowest BCUT2D eigenvalue weighted by molar-refractivity contribution is 0.189. The number of hydrazine groups is 1. The van der Waals surface area contributed by atoms with Gasteiger partial charge in [0, 0.05) is 6.54 Å². The second kappa shape index (κ2) is 10.3. The van der Waals surface area contributed by atoms with Gasteiger partial charge in [-0.25, -0.2) is 10.2 Å². The molecule has 0 saturated heterocycles. The Balaban J connectivity index is 2.16. The molecule has 4 heteroatoms. The van der Waals surface area contributed by atoms with E-state index in [0.29, 0.717) is 6.54 Å². The maximum atomic E-state index is 10.3. The van der Waals surface area contributed by atoms with Gasteiger partial charge >= 0.3 is 6.09 Å². The number of unbranched alkanes of at least 4 members (excludes halogenated alkanes) is 5. The molecule has 1 aromatic carbocycles. The fourth-order valence-electron chi connectivity index (χ4n) is 2.16. The Hall–Kier alpha value is -1.55. The van der Waals surface area contributed by atoms with Gasteiger partial charge in [-0.1, -0.05) is 63.3 Å². The van der Waals surface area contributed by atoms with E-state index in [1.165, 1.54) is 44.1 Å². The van der Waals surface area contributed by atoms with Crippen molar-refractivity contribution < 1.29 is 9.90 Å². The molecule has 0 fully saturated rings. The average molecular weight is 278 g/mol. The lowest BCUT2D eigenvalue weighted by Gasteiger charge is -2.06. The molecule has 0 unspecified atom stereocenters. The molecule has 0 bridgehead atoms. The maximum Gasteiger partial charge on any atom is 0.419 e. The summed E-state index contributed by atoms with van der Waals surface area (Å²) in [6, 6.07) is 8.35. The quantitative estimate of drug-likeness (QED) is 0.450. The summed E-state index contributed by atoms with van der Waals surface area (Å²) in [5.74, 6) is 0. The Morgan fingerprint density at radius 2 is 1.60 bits per heavy atom. The number of amides is 1. The molecule has 112 valence electrons. The van der Waals surface area contributed by atoms with Crippen LogP contribution < -0.4 is 10.9 Å². The van der Waals surface area contributed by atoms with E-state index in [9.17, 15) is 4.79 Å². The van der Waals surface area contributed by atoms with Gasteiger partial charge in [-0.2, -0.15) is 0 Å². The molecule has 1 rings (SSSR count). The normalized spacial score (nSPS) is 10.4. The Bertz CT molecular complexity index is 377. The van der Waals surface area contributed by atoms with Crippen LogP contribution in [-0.4, -0.2) is 11.2 Å². The van der Waals surface area contributed by atoms with Crippen LogP contribution in [0.5, 0.6) is 0 Å². The molecule has 20 heavy (non-hydrogen) atoms. The van der Waals surface area contributed by atoms with Gasteiger partial charge in [0.1, 0.15) is 0 Å². The minimum atomic E-state index is -1.07. The van der Waals surface area contributed by atoms with Crippen LogP contribution in [0.4, 0.5) is 4.79 Å². The Morgan fingerprint density at radius 3 is 2.25 bits per heavy atom. The number of carboxylic acid groups (broad SMARTS) is 1. The number of aryl methyl sites for hydroxylation is 1. The zero-order valence-electron chi connectivity index (χ0n) is 12.3. The van der Waals surface area contributed by atoms with Gasteiger partial charge in [0.2, 0.25) is 0 Å². The molecule has 0 radical (unpaired) electrons. The van der Waals surface area contributed by atoms with Crippen molar-refractivity contribution in [2.45, 2.75) is 58.4 Å². The molecule has 4 nitrogen and oxygen atoms in total. The lowest BCUT2D eigenvalue weighted by Crippen LogP contribution is -2.35. The van der Waals surface area contributed by atoms with E-state index in [4.69, 9.17) is 5.11 Å². The smallest absolute Gasteiger partial charge is 0.419 e. The van der Waals surface area contributed by atoms with E-state index in [0.717, 1.165) is 12.0 Å². The third-order valence-corrected chi connectivity index (χ3v) is 3.33. The average Bonchev–Trinajstić information content (AvgIpc) is 2.44. The van der Waals surface area contributed by atoms with Crippen molar-refractivity contribution in [1.82, 2.24) is 10.9 Å². The molecular formula is C16H26N2O2. The predicted octanol–water partition coefficient (Wildman–Crippen LogP) is 3.86. The monoisotopic (exact) mass is 278 g/mol.